The van der Waals surface area contributed by atoms with Crippen LogP contribution in [0.2, 0.25) is 0 Å². The van der Waals surface area contributed by atoms with Gasteiger partial charge >= 0.3 is 0 Å². The number of nitrogens with one attached hydrogen (secondary N) is 1. The topological polar surface area (TPSA) is 29.1 Å². The van der Waals surface area contributed by atoms with Gasteiger partial charge in [0.25, 0.3) is 0 Å². The molecule has 16 heavy (non-hydrogen) atoms. The Balaban J connectivity index is 2.23. The third-order valence-corrected chi connectivity index (χ3v) is 3.01. The van der Waals surface area contributed by atoms with Gasteiger partial charge in [0.15, 0.2) is 0 Å². The van der Waals surface area contributed by atoms with Crippen molar-refractivity contribution < 1.29 is 4.79 Å². The van der Waals surface area contributed by atoms with E-state index in [2.05, 4.69) is 42.4 Å². The van der Waals surface area contributed by atoms with Gasteiger partial charge in [0.05, 0.1) is 12.3 Å². The summed E-state index contributed by atoms with van der Waals surface area (Å²) in [4.78, 5) is 11.2. The van der Waals surface area contributed by atoms with E-state index in [1.165, 1.54) is 11.1 Å². The van der Waals surface area contributed by atoms with Crippen LogP contribution in [0, 0.1) is 19.3 Å². The molecular weight excluding hydrogens is 218 g/mol. The summed E-state index contributed by atoms with van der Waals surface area (Å²) in [6.07, 6.45) is 5.04. The van der Waals surface area contributed by atoms with E-state index in [-0.39, 0.29) is 5.91 Å². The first kappa shape index (κ1) is 12.7. The molecule has 2 nitrogen and oxygen atoms in total. The van der Waals surface area contributed by atoms with Gasteiger partial charge in [-0.1, -0.05) is 35.7 Å². The van der Waals surface area contributed by atoms with Crippen LogP contribution in [0.25, 0.3) is 0 Å². The van der Waals surface area contributed by atoms with Crippen molar-refractivity contribution in [2.24, 2.45) is 0 Å². The van der Waals surface area contributed by atoms with Gasteiger partial charge in [-0.25, -0.2) is 0 Å². The van der Waals surface area contributed by atoms with Gasteiger partial charge in [0.2, 0.25) is 5.91 Å². The lowest BCUT2D eigenvalue weighted by Crippen LogP contribution is -2.25. The Morgan fingerprint density at radius 1 is 1.44 bits per heavy atom. The molecule has 0 heterocycles. The zero-order valence-corrected chi connectivity index (χ0v) is 10.1. The van der Waals surface area contributed by atoms with Crippen LogP contribution < -0.4 is 5.32 Å². The number of aryl methyl sites for hydroxylation is 1. The quantitative estimate of drug-likeness (QED) is 0.788. The zero-order valence-electron chi connectivity index (χ0n) is 9.32. The van der Waals surface area contributed by atoms with Gasteiger partial charge in [0, 0.05) is 5.75 Å². The predicted molar refractivity (Wildman–Crippen MR) is 69.2 cm³/mol. The second-order valence-corrected chi connectivity index (χ2v) is 4.44. The Bertz CT molecular complexity index is 378. The lowest BCUT2D eigenvalue weighted by atomic mass is 10.2. The van der Waals surface area contributed by atoms with E-state index in [4.69, 9.17) is 6.42 Å². The molecule has 0 saturated heterocycles. The molecule has 1 N–H and O–H groups in total. The molecule has 0 aromatic heterocycles. The van der Waals surface area contributed by atoms with Crippen molar-refractivity contribution in [3.63, 3.8) is 0 Å². The first-order valence-electron chi connectivity index (χ1n) is 5.06. The van der Waals surface area contributed by atoms with E-state index in [9.17, 15) is 4.79 Å². The van der Waals surface area contributed by atoms with Crippen LogP contribution >= 0.6 is 11.8 Å². The number of benzene rings is 1. The van der Waals surface area contributed by atoms with Crippen molar-refractivity contribution in [3.8, 4) is 12.3 Å². The summed E-state index contributed by atoms with van der Waals surface area (Å²) in [7, 11) is 0. The van der Waals surface area contributed by atoms with Crippen molar-refractivity contribution in [3.05, 3.63) is 35.4 Å². The number of thioether (sulfide) groups is 1. The van der Waals surface area contributed by atoms with Gasteiger partial charge in [-0.2, -0.15) is 0 Å². The smallest absolute Gasteiger partial charge is 0.230 e. The molecule has 1 aromatic carbocycles. The zero-order chi connectivity index (χ0) is 11.8. The van der Waals surface area contributed by atoms with Crippen LogP contribution in [-0.4, -0.2) is 18.2 Å². The third-order valence-electron chi connectivity index (χ3n) is 2.01. The van der Waals surface area contributed by atoms with Gasteiger partial charge in [-0.15, -0.1) is 18.2 Å². The SMILES string of the molecule is C#CCNC(=O)CSCc1ccc(C)cc1. The number of carbonyl (C=O) groups is 1. The van der Waals surface area contributed by atoms with Gasteiger partial charge in [-0.3, -0.25) is 4.79 Å². The fraction of sp³-hybridized carbons (Fsp3) is 0.308. The Kier molecular flexibility index (Phi) is 5.52. The van der Waals surface area contributed by atoms with Gasteiger partial charge < -0.3 is 5.32 Å². The second kappa shape index (κ2) is 6.97. The number of carbonyl (C=O) groups excluding carboxylic acids is 1. The van der Waals surface area contributed by atoms with Gasteiger partial charge in [-0.05, 0) is 12.5 Å². The summed E-state index contributed by atoms with van der Waals surface area (Å²) in [5.74, 6) is 3.67. The number of hydrogen-bond donors (Lipinski definition) is 1. The van der Waals surface area contributed by atoms with Crippen LogP contribution in [0.4, 0.5) is 0 Å². The summed E-state index contributed by atoms with van der Waals surface area (Å²) in [6, 6.07) is 8.33. The van der Waals surface area contributed by atoms with Crippen LogP contribution in [0.1, 0.15) is 11.1 Å². The van der Waals surface area contributed by atoms with Crippen LogP contribution in [-0.2, 0) is 10.5 Å². The predicted octanol–water partition coefficient (Wildman–Crippen LogP) is 1.98. The minimum atomic E-state index is -0.00457. The van der Waals surface area contributed by atoms with E-state index in [0.29, 0.717) is 12.3 Å². The maximum atomic E-state index is 11.2. The Hall–Kier alpha value is -1.40. The van der Waals surface area contributed by atoms with E-state index in [1.807, 2.05) is 0 Å². The lowest BCUT2D eigenvalue weighted by Gasteiger charge is -2.02. The average molecular weight is 233 g/mol. The summed E-state index contributed by atoms with van der Waals surface area (Å²) >= 11 is 1.59. The minimum Gasteiger partial charge on any atom is -0.344 e. The molecule has 0 aliphatic carbocycles. The standard InChI is InChI=1S/C13H15NOS/c1-3-8-14-13(15)10-16-9-12-6-4-11(2)5-7-12/h1,4-7H,8-10H2,2H3,(H,14,15). The van der Waals surface area contributed by atoms with Crippen LogP contribution in [0.5, 0.6) is 0 Å². The van der Waals surface area contributed by atoms with Crippen molar-refractivity contribution in [1.29, 1.82) is 0 Å². The number of rotatable bonds is 5. The molecule has 3 heteroatoms. The number of amides is 1. The Labute approximate surface area is 101 Å². The monoisotopic (exact) mass is 233 g/mol. The van der Waals surface area contributed by atoms with Crippen molar-refractivity contribution in [2.75, 3.05) is 12.3 Å². The summed E-state index contributed by atoms with van der Waals surface area (Å²) in [6.45, 7) is 2.37. The van der Waals surface area contributed by atoms with Gasteiger partial charge in [0.1, 0.15) is 0 Å². The van der Waals surface area contributed by atoms with E-state index < -0.39 is 0 Å². The molecule has 0 radical (unpaired) electrons. The van der Waals surface area contributed by atoms with Crippen LogP contribution in [0.15, 0.2) is 24.3 Å². The molecule has 0 spiro atoms. The molecule has 0 atom stereocenters. The molecule has 1 rings (SSSR count). The first-order valence-corrected chi connectivity index (χ1v) is 6.21. The van der Waals surface area contributed by atoms with E-state index in [0.717, 1.165) is 5.75 Å². The summed E-state index contributed by atoms with van der Waals surface area (Å²) in [5.41, 5.74) is 2.49. The molecule has 0 bridgehead atoms. The molecule has 0 fully saturated rings. The number of hydrogen-bond acceptors (Lipinski definition) is 2. The Morgan fingerprint density at radius 3 is 2.75 bits per heavy atom. The maximum Gasteiger partial charge on any atom is 0.230 e. The molecular formula is C13H15NOS. The molecule has 1 amide bonds. The molecule has 1 aromatic rings. The van der Waals surface area contributed by atoms with E-state index >= 15 is 0 Å². The van der Waals surface area contributed by atoms with E-state index in [1.54, 1.807) is 11.8 Å². The Morgan fingerprint density at radius 2 is 2.12 bits per heavy atom. The molecule has 0 unspecified atom stereocenters. The highest BCUT2D eigenvalue weighted by molar-refractivity contribution is 7.99. The van der Waals surface area contributed by atoms with Crippen molar-refractivity contribution in [2.45, 2.75) is 12.7 Å². The fourth-order valence-corrected chi connectivity index (χ4v) is 1.96. The highest BCUT2D eigenvalue weighted by Gasteiger charge is 2.00. The lowest BCUT2D eigenvalue weighted by molar-refractivity contribution is -0.118. The second-order valence-electron chi connectivity index (χ2n) is 3.46. The molecule has 84 valence electrons. The first-order chi connectivity index (χ1) is 7.72. The molecule has 0 aliphatic rings. The van der Waals surface area contributed by atoms with Crippen LogP contribution in [0.3, 0.4) is 0 Å². The third kappa shape index (κ3) is 4.90. The highest BCUT2D eigenvalue weighted by atomic mass is 32.2. The molecule has 0 saturated carbocycles. The maximum absolute atomic E-state index is 11.2. The molecule has 0 aliphatic heterocycles. The average Bonchev–Trinajstić information content (AvgIpc) is 2.29. The fourth-order valence-electron chi connectivity index (χ4n) is 1.15. The highest BCUT2D eigenvalue weighted by Crippen LogP contribution is 2.12. The normalized spacial score (nSPS) is 9.50. The largest absolute Gasteiger partial charge is 0.344 e. The minimum absolute atomic E-state index is 0.00457. The van der Waals surface area contributed by atoms with Crippen molar-refractivity contribution in [1.82, 2.24) is 5.32 Å². The van der Waals surface area contributed by atoms with Crippen molar-refractivity contribution >= 4 is 17.7 Å². The summed E-state index contributed by atoms with van der Waals surface area (Å²) in [5, 5.41) is 2.63. The summed E-state index contributed by atoms with van der Waals surface area (Å²) < 4.78 is 0. The number of terminal acetylenes is 1.